The lowest BCUT2D eigenvalue weighted by atomic mass is 9.52. The standard InChI is InChI=1S/C15H25NO4S/c1-14(2,21-20-19-18)13(17)16(3)15-7-10-4-11(8-15)6-12(5-10)9-15/h10-12,18H,4-9H2,1-3H3. The normalized spacial score (nSPS) is 37.8. The molecule has 0 spiro atoms. The van der Waals surface area contributed by atoms with E-state index in [9.17, 15) is 4.79 Å². The third-order valence-corrected chi connectivity index (χ3v) is 6.53. The summed E-state index contributed by atoms with van der Waals surface area (Å²) in [6, 6.07) is 0. The summed E-state index contributed by atoms with van der Waals surface area (Å²) in [5.41, 5.74) is 0.0454. The van der Waals surface area contributed by atoms with Gasteiger partial charge in [0.1, 0.15) is 4.75 Å². The summed E-state index contributed by atoms with van der Waals surface area (Å²) in [5.74, 6) is 2.46. The second-order valence-corrected chi connectivity index (χ2v) is 9.07. The van der Waals surface area contributed by atoms with E-state index in [1.165, 1.54) is 19.3 Å². The van der Waals surface area contributed by atoms with Crippen molar-refractivity contribution in [3.63, 3.8) is 0 Å². The molecule has 0 aromatic rings. The monoisotopic (exact) mass is 315 g/mol. The molecule has 0 radical (unpaired) electrons. The van der Waals surface area contributed by atoms with E-state index in [1.54, 1.807) is 13.8 Å². The number of hydrogen-bond acceptors (Lipinski definition) is 5. The Kier molecular flexibility index (Phi) is 4.01. The molecule has 1 amide bonds. The fourth-order valence-electron chi connectivity index (χ4n) is 5.23. The van der Waals surface area contributed by atoms with Gasteiger partial charge in [-0.25, -0.2) is 5.26 Å². The van der Waals surface area contributed by atoms with E-state index >= 15 is 0 Å². The Morgan fingerprint density at radius 2 is 1.67 bits per heavy atom. The lowest BCUT2D eigenvalue weighted by molar-refractivity contribution is -0.432. The number of amides is 1. The molecule has 4 bridgehead atoms. The maximum absolute atomic E-state index is 12.9. The van der Waals surface area contributed by atoms with Crippen LogP contribution in [0.5, 0.6) is 0 Å². The highest BCUT2D eigenvalue weighted by Crippen LogP contribution is 2.57. The number of hydrogen-bond donors (Lipinski definition) is 1. The zero-order chi connectivity index (χ0) is 15.3. The third-order valence-electron chi connectivity index (χ3n) is 5.81. The van der Waals surface area contributed by atoms with Crippen molar-refractivity contribution in [2.24, 2.45) is 17.8 Å². The van der Waals surface area contributed by atoms with E-state index in [0.29, 0.717) is 0 Å². The fraction of sp³-hybridized carbons (Fsp3) is 0.933. The van der Waals surface area contributed by atoms with Crippen molar-refractivity contribution in [1.29, 1.82) is 0 Å². The maximum Gasteiger partial charge on any atom is 0.240 e. The average Bonchev–Trinajstić information content (AvgIpc) is 2.42. The van der Waals surface area contributed by atoms with Crippen LogP contribution in [0, 0.1) is 17.8 Å². The van der Waals surface area contributed by atoms with Crippen LogP contribution in [0.25, 0.3) is 0 Å². The Bertz CT molecular complexity index is 391. The first-order valence-electron chi connectivity index (χ1n) is 7.80. The van der Waals surface area contributed by atoms with Gasteiger partial charge in [0.05, 0.1) is 12.0 Å². The molecule has 0 saturated heterocycles. The molecule has 0 atom stereocenters. The average molecular weight is 315 g/mol. The van der Waals surface area contributed by atoms with Crippen LogP contribution in [0.3, 0.4) is 0 Å². The number of nitrogens with zero attached hydrogens (tertiary/aromatic N) is 1. The first-order valence-corrected chi connectivity index (χ1v) is 8.55. The largest absolute Gasteiger partial charge is 0.339 e. The molecule has 120 valence electrons. The molecular formula is C15H25NO4S. The van der Waals surface area contributed by atoms with Gasteiger partial charge in [0, 0.05) is 12.6 Å². The van der Waals surface area contributed by atoms with Gasteiger partial charge < -0.3 is 4.90 Å². The molecule has 0 unspecified atom stereocenters. The topological polar surface area (TPSA) is 59.0 Å². The van der Waals surface area contributed by atoms with E-state index in [0.717, 1.165) is 49.1 Å². The Hall–Kier alpha value is -0.300. The highest BCUT2D eigenvalue weighted by Gasteiger charge is 2.55. The molecule has 4 saturated carbocycles. The van der Waals surface area contributed by atoms with E-state index in [4.69, 9.17) is 5.26 Å². The van der Waals surface area contributed by atoms with Crippen LogP contribution in [0.1, 0.15) is 52.4 Å². The molecule has 1 N–H and O–H groups in total. The van der Waals surface area contributed by atoms with Crippen LogP contribution in [0.2, 0.25) is 0 Å². The molecule has 0 heterocycles. The summed E-state index contributed by atoms with van der Waals surface area (Å²) in [6.45, 7) is 3.60. The summed E-state index contributed by atoms with van der Waals surface area (Å²) in [5, 5.41) is 12.0. The fourth-order valence-corrected chi connectivity index (χ4v) is 5.64. The van der Waals surface area contributed by atoms with Crippen LogP contribution in [0.4, 0.5) is 0 Å². The van der Waals surface area contributed by atoms with Crippen LogP contribution in [0.15, 0.2) is 0 Å². The Morgan fingerprint density at radius 1 is 1.19 bits per heavy atom. The van der Waals surface area contributed by atoms with Crippen molar-refractivity contribution >= 4 is 17.9 Å². The first-order chi connectivity index (χ1) is 9.86. The van der Waals surface area contributed by atoms with Gasteiger partial charge in [0.15, 0.2) is 0 Å². The van der Waals surface area contributed by atoms with Gasteiger partial charge in [0.25, 0.3) is 0 Å². The second-order valence-electron chi connectivity index (χ2n) is 7.74. The van der Waals surface area contributed by atoms with Gasteiger partial charge in [-0.1, -0.05) is 5.04 Å². The lowest BCUT2D eigenvalue weighted by Gasteiger charge is -2.60. The Balaban J connectivity index is 1.75. The minimum Gasteiger partial charge on any atom is -0.339 e. The summed E-state index contributed by atoms with van der Waals surface area (Å²) in [6.07, 6.45) is 7.54. The van der Waals surface area contributed by atoms with Crippen LogP contribution in [-0.2, 0) is 14.2 Å². The molecule has 4 aliphatic carbocycles. The summed E-state index contributed by atoms with van der Waals surface area (Å²) < 4.78 is 3.74. The minimum absolute atomic E-state index is 0.0454. The Labute approximate surface area is 130 Å². The van der Waals surface area contributed by atoms with E-state index < -0.39 is 4.75 Å². The molecule has 0 aliphatic heterocycles. The second kappa shape index (κ2) is 5.41. The summed E-state index contributed by atoms with van der Waals surface area (Å²) in [4.78, 5) is 14.9. The van der Waals surface area contributed by atoms with Crippen molar-refractivity contribution in [1.82, 2.24) is 4.90 Å². The molecular weight excluding hydrogens is 290 g/mol. The van der Waals surface area contributed by atoms with Crippen molar-refractivity contribution in [2.45, 2.75) is 62.7 Å². The van der Waals surface area contributed by atoms with Crippen molar-refractivity contribution in [3.05, 3.63) is 0 Å². The van der Waals surface area contributed by atoms with Gasteiger partial charge in [-0.15, -0.1) is 4.33 Å². The van der Waals surface area contributed by atoms with Crippen LogP contribution < -0.4 is 0 Å². The lowest BCUT2D eigenvalue weighted by Crippen LogP contribution is -2.62. The summed E-state index contributed by atoms with van der Waals surface area (Å²) in [7, 11) is 1.94. The van der Waals surface area contributed by atoms with E-state index in [1.807, 2.05) is 11.9 Å². The SMILES string of the molecule is CN(C(=O)C(C)(C)SOOO)C12CC3CC(CC(C3)C1)C2. The molecule has 4 fully saturated rings. The van der Waals surface area contributed by atoms with Gasteiger partial charge in [-0.3, -0.25) is 4.79 Å². The predicted octanol–water partition coefficient (Wildman–Crippen LogP) is 3.26. The van der Waals surface area contributed by atoms with E-state index in [-0.39, 0.29) is 11.4 Å². The summed E-state index contributed by atoms with van der Waals surface area (Å²) >= 11 is 0.856. The Morgan fingerprint density at radius 3 is 2.10 bits per heavy atom. The van der Waals surface area contributed by atoms with Crippen LogP contribution >= 0.6 is 12.0 Å². The molecule has 0 aromatic carbocycles. The first kappa shape index (κ1) is 15.6. The minimum atomic E-state index is -0.777. The zero-order valence-corrected chi connectivity index (χ0v) is 13.8. The predicted molar refractivity (Wildman–Crippen MR) is 80.1 cm³/mol. The highest BCUT2D eigenvalue weighted by molar-refractivity contribution is 7.96. The molecule has 0 aromatic heterocycles. The molecule has 6 heteroatoms. The molecule has 21 heavy (non-hydrogen) atoms. The smallest absolute Gasteiger partial charge is 0.240 e. The van der Waals surface area contributed by atoms with Gasteiger partial charge in [0.2, 0.25) is 5.91 Å². The van der Waals surface area contributed by atoms with Crippen molar-refractivity contribution < 1.29 is 19.4 Å². The van der Waals surface area contributed by atoms with Crippen molar-refractivity contribution in [2.75, 3.05) is 7.05 Å². The highest BCUT2D eigenvalue weighted by atomic mass is 32.2. The third kappa shape index (κ3) is 2.71. The molecule has 5 nitrogen and oxygen atoms in total. The quantitative estimate of drug-likeness (QED) is 0.479. The van der Waals surface area contributed by atoms with Gasteiger partial charge >= 0.3 is 0 Å². The van der Waals surface area contributed by atoms with Gasteiger partial charge in [-0.05, 0) is 70.1 Å². The number of carbonyl (C=O) groups is 1. The molecule has 4 aliphatic rings. The molecule has 4 rings (SSSR count). The van der Waals surface area contributed by atoms with Crippen molar-refractivity contribution in [3.8, 4) is 0 Å². The number of carbonyl (C=O) groups excluding carboxylic acids is 1. The maximum atomic E-state index is 12.9. The van der Waals surface area contributed by atoms with E-state index in [2.05, 4.69) is 9.37 Å². The zero-order valence-electron chi connectivity index (χ0n) is 13.0. The van der Waals surface area contributed by atoms with Crippen LogP contribution in [-0.4, -0.2) is 33.4 Å². The number of rotatable bonds is 5. The van der Waals surface area contributed by atoms with Gasteiger partial charge in [-0.2, -0.15) is 0 Å².